The lowest BCUT2D eigenvalue weighted by Gasteiger charge is -2.11. The molecule has 1 aromatic heterocycles. The summed E-state index contributed by atoms with van der Waals surface area (Å²) in [6.45, 7) is 3.28. The molecule has 6 heteroatoms. The van der Waals surface area contributed by atoms with Crippen LogP contribution >= 0.6 is 11.8 Å². The Labute approximate surface area is 99.4 Å². The van der Waals surface area contributed by atoms with Crippen molar-refractivity contribution in [1.82, 2.24) is 25.5 Å². The highest BCUT2D eigenvalue weighted by molar-refractivity contribution is 7.99. The number of hydrogen-bond acceptors (Lipinski definition) is 5. The molecular weight excluding hydrogens is 222 g/mol. The molecule has 2 aliphatic rings. The molecule has 0 spiro atoms. The van der Waals surface area contributed by atoms with Crippen molar-refractivity contribution in [2.45, 2.75) is 55.1 Å². The minimum atomic E-state index is 0.532. The van der Waals surface area contributed by atoms with Gasteiger partial charge in [-0.3, -0.25) is 0 Å². The third kappa shape index (κ3) is 2.55. The Morgan fingerprint density at radius 3 is 2.94 bits per heavy atom. The number of aromatic nitrogens is 4. The van der Waals surface area contributed by atoms with Gasteiger partial charge in [0.2, 0.25) is 5.16 Å². The largest absolute Gasteiger partial charge is 0.313 e. The number of nitrogens with one attached hydrogen (secondary N) is 1. The SMILES string of the molecule is CC(CNC1CC1)Sc1nnnn1C1CC1. The second-order valence-electron chi connectivity index (χ2n) is 4.75. The summed E-state index contributed by atoms with van der Waals surface area (Å²) in [5.74, 6) is 0. The number of thioether (sulfide) groups is 1. The van der Waals surface area contributed by atoms with Crippen molar-refractivity contribution in [3.8, 4) is 0 Å². The summed E-state index contributed by atoms with van der Waals surface area (Å²) in [7, 11) is 0. The first kappa shape index (κ1) is 10.5. The Morgan fingerprint density at radius 1 is 1.44 bits per heavy atom. The molecule has 0 amide bonds. The smallest absolute Gasteiger partial charge is 0.209 e. The molecule has 1 aromatic rings. The highest BCUT2D eigenvalue weighted by atomic mass is 32.2. The van der Waals surface area contributed by atoms with Gasteiger partial charge >= 0.3 is 0 Å². The van der Waals surface area contributed by atoms with Gasteiger partial charge in [-0.15, -0.1) is 5.10 Å². The van der Waals surface area contributed by atoms with Crippen molar-refractivity contribution < 1.29 is 0 Å². The van der Waals surface area contributed by atoms with Gasteiger partial charge in [0.25, 0.3) is 0 Å². The van der Waals surface area contributed by atoms with Crippen molar-refractivity contribution >= 4 is 11.8 Å². The van der Waals surface area contributed by atoms with Crippen molar-refractivity contribution in [2.75, 3.05) is 6.54 Å². The molecule has 0 radical (unpaired) electrons. The van der Waals surface area contributed by atoms with Gasteiger partial charge < -0.3 is 5.32 Å². The lowest BCUT2D eigenvalue weighted by Crippen LogP contribution is -2.24. The van der Waals surface area contributed by atoms with E-state index in [2.05, 4.69) is 27.8 Å². The van der Waals surface area contributed by atoms with Gasteiger partial charge in [-0.1, -0.05) is 18.7 Å². The molecule has 88 valence electrons. The fourth-order valence-corrected chi connectivity index (χ4v) is 2.57. The first-order valence-electron chi connectivity index (χ1n) is 6.01. The van der Waals surface area contributed by atoms with E-state index in [9.17, 15) is 0 Å². The second-order valence-corrected chi connectivity index (χ2v) is 6.15. The lowest BCUT2D eigenvalue weighted by molar-refractivity contribution is 0.564. The van der Waals surface area contributed by atoms with Crippen LogP contribution in [0.2, 0.25) is 0 Å². The van der Waals surface area contributed by atoms with Gasteiger partial charge in [0.05, 0.1) is 6.04 Å². The zero-order chi connectivity index (χ0) is 11.0. The molecular formula is C10H17N5S. The minimum Gasteiger partial charge on any atom is -0.313 e. The van der Waals surface area contributed by atoms with Gasteiger partial charge in [0.15, 0.2) is 0 Å². The van der Waals surface area contributed by atoms with Crippen LogP contribution in [-0.4, -0.2) is 38.0 Å². The Kier molecular flexibility index (Phi) is 2.85. The van der Waals surface area contributed by atoms with Gasteiger partial charge in [-0.25, -0.2) is 4.68 Å². The van der Waals surface area contributed by atoms with Crippen LogP contribution < -0.4 is 5.32 Å². The van der Waals surface area contributed by atoms with Crippen LogP contribution in [0.3, 0.4) is 0 Å². The maximum absolute atomic E-state index is 4.10. The monoisotopic (exact) mass is 239 g/mol. The van der Waals surface area contributed by atoms with Crippen molar-refractivity contribution in [3.05, 3.63) is 0 Å². The summed E-state index contributed by atoms with van der Waals surface area (Å²) < 4.78 is 1.98. The second kappa shape index (κ2) is 4.33. The van der Waals surface area contributed by atoms with E-state index in [0.717, 1.165) is 17.7 Å². The number of tetrazole rings is 1. The highest BCUT2D eigenvalue weighted by Gasteiger charge is 2.28. The summed E-state index contributed by atoms with van der Waals surface area (Å²) in [4.78, 5) is 0. The van der Waals surface area contributed by atoms with E-state index < -0.39 is 0 Å². The average Bonchev–Trinajstić information content (AvgIpc) is 3.18. The molecule has 2 aliphatic carbocycles. The van der Waals surface area contributed by atoms with E-state index in [-0.39, 0.29) is 0 Å². The molecule has 5 nitrogen and oxygen atoms in total. The molecule has 2 saturated carbocycles. The van der Waals surface area contributed by atoms with E-state index in [4.69, 9.17) is 0 Å². The molecule has 0 aromatic carbocycles. The van der Waals surface area contributed by atoms with Crippen LogP contribution in [0.4, 0.5) is 0 Å². The van der Waals surface area contributed by atoms with Crippen LogP contribution in [0.15, 0.2) is 5.16 Å². The molecule has 1 N–H and O–H groups in total. The van der Waals surface area contributed by atoms with Crippen molar-refractivity contribution in [3.63, 3.8) is 0 Å². The molecule has 16 heavy (non-hydrogen) atoms. The fourth-order valence-electron chi connectivity index (χ4n) is 1.65. The van der Waals surface area contributed by atoms with Gasteiger partial charge in [-0.05, 0) is 36.1 Å². The van der Waals surface area contributed by atoms with Crippen LogP contribution in [0, 0.1) is 0 Å². The van der Waals surface area contributed by atoms with Gasteiger partial charge in [-0.2, -0.15) is 0 Å². The maximum atomic E-state index is 4.10. The zero-order valence-electron chi connectivity index (χ0n) is 9.46. The Hall–Kier alpha value is -0.620. The maximum Gasteiger partial charge on any atom is 0.209 e. The number of nitrogens with zero attached hydrogens (tertiary/aromatic N) is 4. The van der Waals surface area contributed by atoms with Crippen LogP contribution in [0.25, 0.3) is 0 Å². The topological polar surface area (TPSA) is 55.6 Å². The molecule has 2 fully saturated rings. The molecule has 1 unspecified atom stereocenters. The highest BCUT2D eigenvalue weighted by Crippen LogP contribution is 2.37. The minimum absolute atomic E-state index is 0.532. The summed E-state index contributed by atoms with van der Waals surface area (Å²) in [5, 5.41) is 17.0. The quantitative estimate of drug-likeness (QED) is 0.757. The standard InChI is InChI=1S/C10H17N5S/c1-7(6-11-8-2-3-8)16-10-12-13-14-15(10)9-4-5-9/h7-9,11H,2-6H2,1H3. The van der Waals surface area contributed by atoms with Crippen LogP contribution in [0.5, 0.6) is 0 Å². The van der Waals surface area contributed by atoms with Crippen LogP contribution in [0.1, 0.15) is 38.6 Å². The van der Waals surface area contributed by atoms with Crippen molar-refractivity contribution in [2.24, 2.45) is 0 Å². The van der Waals surface area contributed by atoms with Gasteiger partial charge in [0.1, 0.15) is 0 Å². The molecule has 3 rings (SSSR count). The van der Waals surface area contributed by atoms with E-state index in [1.807, 2.05) is 4.68 Å². The summed E-state index contributed by atoms with van der Waals surface area (Å²) >= 11 is 1.78. The number of rotatable bonds is 6. The van der Waals surface area contributed by atoms with E-state index in [1.54, 1.807) is 11.8 Å². The summed E-state index contributed by atoms with van der Waals surface area (Å²) in [6.07, 6.45) is 5.15. The first-order valence-corrected chi connectivity index (χ1v) is 6.89. The molecule has 1 atom stereocenters. The van der Waals surface area contributed by atoms with Crippen molar-refractivity contribution in [1.29, 1.82) is 0 Å². The summed E-state index contributed by atoms with van der Waals surface area (Å²) in [5.41, 5.74) is 0. The van der Waals surface area contributed by atoms with E-state index in [1.165, 1.54) is 25.7 Å². The average molecular weight is 239 g/mol. The third-order valence-electron chi connectivity index (χ3n) is 2.93. The molecule has 0 saturated heterocycles. The first-order chi connectivity index (χ1) is 7.83. The third-order valence-corrected chi connectivity index (χ3v) is 3.98. The molecule has 0 bridgehead atoms. The summed E-state index contributed by atoms with van der Waals surface area (Å²) in [6, 6.07) is 1.35. The Balaban J connectivity index is 1.52. The zero-order valence-corrected chi connectivity index (χ0v) is 10.3. The molecule has 0 aliphatic heterocycles. The van der Waals surface area contributed by atoms with Crippen LogP contribution in [-0.2, 0) is 0 Å². The Morgan fingerprint density at radius 2 is 2.25 bits per heavy atom. The predicted molar refractivity (Wildman–Crippen MR) is 62.4 cm³/mol. The number of hydrogen-bond donors (Lipinski definition) is 1. The Bertz CT molecular complexity index is 358. The fraction of sp³-hybridized carbons (Fsp3) is 0.900. The molecule has 1 heterocycles. The van der Waals surface area contributed by atoms with E-state index in [0.29, 0.717) is 11.3 Å². The predicted octanol–water partition coefficient (Wildman–Crippen LogP) is 1.24. The lowest BCUT2D eigenvalue weighted by atomic mass is 10.4. The van der Waals surface area contributed by atoms with Gasteiger partial charge in [0, 0.05) is 17.8 Å². The van der Waals surface area contributed by atoms with E-state index >= 15 is 0 Å². The normalized spacial score (nSPS) is 22.3.